The number of rotatable bonds is 5. The topological polar surface area (TPSA) is 111 Å². The Balaban J connectivity index is 1.07. The lowest BCUT2D eigenvalue weighted by molar-refractivity contribution is -0.121. The second kappa shape index (κ2) is 8.85. The molecule has 3 aliphatic heterocycles. The highest BCUT2D eigenvalue weighted by molar-refractivity contribution is 6.31. The second-order valence-corrected chi connectivity index (χ2v) is 9.84. The van der Waals surface area contributed by atoms with Gasteiger partial charge in [0.2, 0.25) is 0 Å². The van der Waals surface area contributed by atoms with Gasteiger partial charge >= 0.3 is 0 Å². The minimum atomic E-state index is -0.169. The van der Waals surface area contributed by atoms with E-state index < -0.39 is 0 Å². The number of carbonyl (C=O) groups is 1. The zero-order valence-electron chi connectivity index (χ0n) is 19.1. The van der Waals surface area contributed by atoms with Crippen LogP contribution >= 0.6 is 11.6 Å². The molecule has 3 aromatic heterocycles. The van der Waals surface area contributed by atoms with Crippen LogP contribution in [0.15, 0.2) is 34.0 Å². The number of halogens is 1. The van der Waals surface area contributed by atoms with Crippen molar-refractivity contribution in [1.82, 2.24) is 29.3 Å². The normalized spacial score (nSPS) is 20.3. The number of nitrogens with zero attached hydrogens (tertiary/aromatic N) is 5. The first-order chi connectivity index (χ1) is 17.0. The van der Waals surface area contributed by atoms with Gasteiger partial charge in [-0.3, -0.25) is 28.5 Å². The standard InChI is InChI=1S/C24H25ClN6O4/c25-17-8-21-19(7-16(32)13-35-21)28-20(17)9-26-14-3-5-29(6-4-14)11-15-12-30-22(33)2-1-18-24(30)31(15)23(34)10-27-18/h1-2,8,10,14-15,26H,3-7,9,11-13H2/t15-/m1/s1. The number of likely N-dealkylation sites (tertiary alicyclic amines) is 1. The molecule has 6 rings (SSSR count). The SMILES string of the molecule is O=C1COc2cc(Cl)c(CNC3CCN(C[C@@H]4Cn5c(=O)ccc6ncc(=O)n4c65)CC3)nc2C1. The average Bonchev–Trinajstić information content (AvgIpc) is 3.24. The fourth-order valence-corrected chi connectivity index (χ4v) is 5.56. The highest BCUT2D eigenvalue weighted by Crippen LogP contribution is 2.28. The number of piperidine rings is 1. The average molecular weight is 497 g/mol. The third-order valence-electron chi connectivity index (χ3n) is 7.13. The summed E-state index contributed by atoms with van der Waals surface area (Å²) in [7, 11) is 0. The van der Waals surface area contributed by atoms with Crippen LogP contribution in [0, 0.1) is 0 Å². The van der Waals surface area contributed by atoms with Crippen molar-refractivity contribution in [3.8, 4) is 5.75 Å². The number of pyridine rings is 2. The molecule has 182 valence electrons. The smallest absolute Gasteiger partial charge is 0.270 e. The second-order valence-electron chi connectivity index (χ2n) is 9.43. The summed E-state index contributed by atoms with van der Waals surface area (Å²) in [5.41, 5.74) is 2.38. The Labute approximate surface area is 205 Å². The molecule has 0 aliphatic carbocycles. The van der Waals surface area contributed by atoms with Crippen molar-refractivity contribution in [2.24, 2.45) is 0 Å². The first kappa shape index (κ1) is 22.4. The molecule has 11 heteroatoms. The van der Waals surface area contributed by atoms with Crippen LogP contribution in [-0.2, 0) is 24.3 Å². The Morgan fingerprint density at radius 2 is 1.97 bits per heavy atom. The van der Waals surface area contributed by atoms with Crippen LogP contribution < -0.4 is 21.2 Å². The van der Waals surface area contributed by atoms with Crippen LogP contribution in [-0.4, -0.2) is 62.1 Å². The molecule has 10 nitrogen and oxygen atoms in total. The van der Waals surface area contributed by atoms with E-state index in [1.807, 2.05) is 0 Å². The van der Waals surface area contributed by atoms with Gasteiger partial charge in [-0.1, -0.05) is 11.6 Å². The minimum absolute atomic E-state index is 0.0172. The van der Waals surface area contributed by atoms with Gasteiger partial charge in [0.25, 0.3) is 11.1 Å². The molecule has 35 heavy (non-hydrogen) atoms. The molecule has 0 radical (unpaired) electrons. The van der Waals surface area contributed by atoms with E-state index in [9.17, 15) is 14.4 Å². The molecular formula is C24H25ClN6O4. The summed E-state index contributed by atoms with van der Waals surface area (Å²) in [4.78, 5) is 47.7. The van der Waals surface area contributed by atoms with Crippen molar-refractivity contribution < 1.29 is 9.53 Å². The number of hydrogen-bond acceptors (Lipinski definition) is 8. The van der Waals surface area contributed by atoms with Gasteiger partial charge < -0.3 is 15.0 Å². The molecule has 0 unspecified atom stereocenters. The van der Waals surface area contributed by atoms with Gasteiger partial charge in [0.1, 0.15) is 23.5 Å². The van der Waals surface area contributed by atoms with Crippen molar-refractivity contribution in [2.75, 3.05) is 26.2 Å². The first-order valence-electron chi connectivity index (χ1n) is 11.9. The van der Waals surface area contributed by atoms with Crippen LogP contribution in [0.25, 0.3) is 11.2 Å². The van der Waals surface area contributed by atoms with E-state index in [0.717, 1.165) is 31.6 Å². The lowest BCUT2D eigenvalue weighted by Crippen LogP contribution is -2.44. The van der Waals surface area contributed by atoms with Crippen molar-refractivity contribution in [2.45, 2.75) is 44.4 Å². The third kappa shape index (κ3) is 4.15. The Morgan fingerprint density at radius 3 is 2.80 bits per heavy atom. The van der Waals surface area contributed by atoms with E-state index in [0.29, 0.717) is 53.3 Å². The third-order valence-corrected chi connectivity index (χ3v) is 7.46. The number of carbonyl (C=O) groups excluding carboxylic acids is 1. The van der Waals surface area contributed by atoms with Crippen molar-refractivity contribution in [1.29, 1.82) is 0 Å². The van der Waals surface area contributed by atoms with Crippen molar-refractivity contribution in [3.05, 3.63) is 61.5 Å². The zero-order valence-corrected chi connectivity index (χ0v) is 19.8. The van der Waals surface area contributed by atoms with Crippen LogP contribution in [0.1, 0.15) is 30.3 Å². The molecule has 0 aromatic carbocycles. The summed E-state index contributed by atoms with van der Waals surface area (Å²) in [5.74, 6) is 0.608. The largest absolute Gasteiger partial charge is 0.484 e. The Kier molecular flexibility index (Phi) is 5.66. The fourth-order valence-electron chi connectivity index (χ4n) is 5.35. The van der Waals surface area contributed by atoms with Gasteiger partial charge in [-0.05, 0) is 32.0 Å². The number of ketones is 1. The fraction of sp³-hybridized carbons (Fsp3) is 0.458. The maximum absolute atomic E-state index is 12.6. The quantitative estimate of drug-likeness (QED) is 0.555. The maximum atomic E-state index is 12.6. The molecule has 3 aliphatic rings. The van der Waals surface area contributed by atoms with Crippen molar-refractivity contribution >= 4 is 28.5 Å². The van der Waals surface area contributed by atoms with Gasteiger partial charge in [0, 0.05) is 37.8 Å². The molecule has 1 N–H and O–H groups in total. The van der Waals surface area contributed by atoms with Crippen molar-refractivity contribution in [3.63, 3.8) is 0 Å². The molecule has 6 heterocycles. The molecule has 1 atom stereocenters. The summed E-state index contributed by atoms with van der Waals surface area (Å²) in [5, 5.41) is 4.08. The van der Waals surface area contributed by atoms with Gasteiger partial charge in [0.15, 0.2) is 5.78 Å². The summed E-state index contributed by atoms with van der Waals surface area (Å²) in [6.07, 6.45) is 3.52. The van der Waals surface area contributed by atoms with Crippen LogP contribution in [0.4, 0.5) is 0 Å². The molecular weight excluding hydrogens is 472 g/mol. The van der Waals surface area contributed by atoms with E-state index in [-0.39, 0.29) is 36.0 Å². The van der Waals surface area contributed by atoms with Crippen LogP contribution in [0.3, 0.4) is 0 Å². The molecule has 1 saturated heterocycles. The molecule has 0 bridgehead atoms. The summed E-state index contributed by atoms with van der Waals surface area (Å²) >= 11 is 6.40. The minimum Gasteiger partial charge on any atom is -0.484 e. The summed E-state index contributed by atoms with van der Waals surface area (Å²) in [6.45, 7) is 3.57. The monoisotopic (exact) mass is 496 g/mol. The van der Waals surface area contributed by atoms with Gasteiger partial charge in [-0.25, -0.2) is 4.98 Å². The van der Waals surface area contributed by atoms with Crippen LogP contribution in [0.5, 0.6) is 5.75 Å². The molecule has 0 amide bonds. The van der Waals surface area contributed by atoms with E-state index in [2.05, 4.69) is 20.2 Å². The predicted octanol–water partition coefficient (Wildman–Crippen LogP) is 0.919. The zero-order chi connectivity index (χ0) is 24.1. The Morgan fingerprint density at radius 1 is 1.14 bits per heavy atom. The predicted molar refractivity (Wildman–Crippen MR) is 129 cm³/mol. The first-order valence-corrected chi connectivity index (χ1v) is 12.2. The summed E-state index contributed by atoms with van der Waals surface area (Å²) < 4.78 is 8.81. The number of fused-ring (bicyclic) bond motifs is 1. The molecule has 1 fully saturated rings. The Bertz CT molecular complexity index is 1440. The van der Waals surface area contributed by atoms with Gasteiger partial charge in [-0.15, -0.1) is 0 Å². The van der Waals surface area contributed by atoms with E-state index in [4.69, 9.17) is 16.3 Å². The molecule has 0 saturated carbocycles. The van der Waals surface area contributed by atoms with E-state index in [1.165, 1.54) is 12.3 Å². The molecule has 0 spiro atoms. The highest BCUT2D eigenvalue weighted by Gasteiger charge is 2.30. The van der Waals surface area contributed by atoms with E-state index in [1.54, 1.807) is 21.3 Å². The molecule has 3 aromatic rings. The lowest BCUT2D eigenvalue weighted by atomic mass is 10.0. The van der Waals surface area contributed by atoms with Gasteiger partial charge in [-0.2, -0.15) is 0 Å². The number of hydrogen-bond donors (Lipinski definition) is 1. The lowest BCUT2D eigenvalue weighted by Gasteiger charge is -2.34. The Hall–Kier alpha value is -3.08. The number of ether oxygens (including phenoxy) is 1. The van der Waals surface area contributed by atoms with Crippen LogP contribution in [0.2, 0.25) is 5.02 Å². The number of nitrogens with one attached hydrogen (secondary N) is 1. The maximum Gasteiger partial charge on any atom is 0.270 e. The number of aromatic nitrogens is 4. The number of Topliss-reactive ketones (excluding diaryl/α,β-unsaturated/α-hetero) is 1. The van der Waals surface area contributed by atoms with Gasteiger partial charge in [0.05, 0.1) is 35.1 Å². The van der Waals surface area contributed by atoms with E-state index >= 15 is 0 Å². The highest BCUT2D eigenvalue weighted by atomic mass is 35.5. The summed E-state index contributed by atoms with van der Waals surface area (Å²) in [6, 6.07) is 5.17.